The van der Waals surface area contributed by atoms with Crippen molar-refractivity contribution in [1.29, 1.82) is 0 Å². The second kappa shape index (κ2) is 6.20. The molecule has 0 atom stereocenters. The summed E-state index contributed by atoms with van der Waals surface area (Å²) < 4.78 is 1.07. The summed E-state index contributed by atoms with van der Waals surface area (Å²) in [4.78, 5) is 14.8. The molecule has 0 saturated heterocycles. The maximum Gasteiger partial charge on any atom is 0.211 e. The number of unbranched alkanes of at least 4 members (excludes halogenated alkanes) is 1. The van der Waals surface area contributed by atoms with Gasteiger partial charge >= 0.3 is 0 Å². The summed E-state index contributed by atoms with van der Waals surface area (Å²) in [6.07, 6.45) is 2.28. The Kier molecular flexibility index (Phi) is 4.59. The van der Waals surface area contributed by atoms with E-state index in [0.717, 1.165) is 47.3 Å². The van der Waals surface area contributed by atoms with E-state index in [1.165, 1.54) is 0 Å². The number of benzene rings is 1. The Bertz CT molecular complexity index is 618. The third-order valence-corrected chi connectivity index (χ3v) is 4.36. The molecule has 2 aromatic rings. The van der Waals surface area contributed by atoms with Crippen molar-refractivity contribution in [3.8, 4) is 0 Å². The Morgan fingerprint density at radius 2 is 2.05 bits per heavy atom. The van der Waals surface area contributed by atoms with E-state index in [2.05, 4.69) is 24.8 Å². The van der Waals surface area contributed by atoms with Gasteiger partial charge in [0.1, 0.15) is 0 Å². The number of hydrogen-bond acceptors (Lipinski definition) is 3. The van der Waals surface area contributed by atoms with E-state index in [9.17, 15) is 4.79 Å². The number of rotatable bonds is 5. The fourth-order valence-electron chi connectivity index (χ4n) is 2.25. The van der Waals surface area contributed by atoms with Crippen molar-refractivity contribution in [2.24, 2.45) is 0 Å². The van der Waals surface area contributed by atoms with Gasteiger partial charge in [-0.3, -0.25) is 4.79 Å². The predicted molar refractivity (Wildman–Crippen MR) is 85.6 cm³/mol. The van der Waals surface area contributed by atoms with Crippen molar-refractivity contribution < 1.29 is 0 Å². The third kappa shape index (κ3) is 2.98. The molecule has 0 aliphatic carbocycles. The van der Waals surface area contributed by atoms with Gasteiger partial charge < -0.3 is 4.90 Å². The molecule has 0 N–H and O–H groups in total. The lowest BCUT2D eigenvalue weighted by Gasteiger charge is -2.22. The summed E-state index contributed by atoms with van der Waals surface area (Å²) in [5.41, 5.74) is 2.18. The SMILES string of the molecule is CCCCN(CC)c1csc2ccc(C)cc2c1=O. The van der Waals surface area contributed by atoms with Gasteiger partial charge in [-0.1, -0.05) is 25.0 Å². The van der Waals surface area contributed by atoms with E-state index in [0.29, 0.717) is 0 Å². The van der Waals surface area contributed by atoms with Crippen LogP contribution in [-0.4, -0.2) is 13.1 Å². The molecule has 1 aromatic carbocycles. The lowest BCUT2D eigenvalue weighted by molar-refractivity contribution is 0.731. The summed E-state index contributed by atoms with van der Waals surface area (Å²) in [6.45, 7) is 8.18. The van der Waals surface area contributed by atoms with E-state index in [1.807, 2.05) is 24.4 Å². The highest BCUT2D eigenvalue weighted by atomic mass is 32.1. The maximum atomic E-state index is 12.6. The molecule has 0 amide bonds. The van der Waals surface area contributed by atoms with Crippen LogP contribution in [0.15, 0.2) is 28.4 Å². The van der Waals surface area contributed by atoms with E-state index in [4.69, 9.17) is 0 Å². The van der Waals surface area contributed by atoms with Gasteiger partial charge in [0.2, 0.25) is 5.43 Å². The van der Waals surface area contributed by atoms with Crippen molar-refractivity contribution in [2.45, 2.75) is 33.6 Å². The number of hydrogen-bond donors (Lipinski definition) is 0. The van der Waals surface area contributed by atoms with Crippen molar-refractivity contribution in [1.82, 2.24) is 0 Å². The van der Waals surface area contributed by atoms with Gasteiger partial charge in [-0.25, -0.2) is 0 Å². The standard InChI is InChI=1S/C16H21NOS/c1-4-6-9-17(5-2)14-11-19-15-8-7-12(3)10-13(15)16(14)18/h7-8,10-11H,4-6,9H2,1-3H3. The minimum Gasteiger partial charge on any atom is -0.368 e. The summed E-state index contributed by atoms with van der Waals surface area (Å²) in [7, 11) is 0. The quantitative estimate of drug-likeness (QED) is 0.815. The Morgan fingerprint density at radius 1 is 1.26 bits per heavy atom. The average molecular weight is 275 g/mol. The van der Waals surface area contributed by atoms with Crippen LogP contribution in [0.1, 0.15) is 32.3 Å². The molecule has 102 valence electrons. The zero-order valence-corrected chi connectivity index (χ0v) is 12.7. The first-order valence-electron chi connectivity index (χ1n) is 6.94. The largest absolute Gasteiger partial charge is 0.368 e. The fourth-order valence-corrected chi connectivity index (χ4v) is 3.17. The van der Waals surface area contributed by atoms with Gasteiger partial charge in [0.15, 0.2) is 0 Å². The van der Waals surface area contributed by atoms with E-state index >= 15 is 0 Å². The van der Waals surface area contributed by atoms with E-state index in [1.54, 1.807) is 11.3 Å². The molecule has 0 spiro atoms. The zero-order chi connectivity index (χ0) is 13.8. The van der Waals surface area contributed by atoms with Gasteiger partial charge in [-0.05, 0) is 32.4 Å². The first kappa shape index (κ1) is 14.1. The molecular weight excluding hydrogens is 254 g/mol. The van der Waals surface area contributed by atoms with Crippen molar-refractivity contribution in [2.75, 3.05) is 18.0 Å². The van der Waals surface area contributed by atoms with Crippen LogP contribution in [-0.2, 0) is 0 Å². The Hall–Kier alpha value is -1.35. The number of fused-ring (bicyclic) bond motifs is 1. The lowest BCUT2D eigenvalue weighted by atomic mass is 10.1. The highest BCUT2D eigenvalue weighted by molar-refractivity contribution is 7.16. The van der Waals surface area contributed by atoms with Gasteiger partial charge in [-0.15, -0.1) is 11.3 Å². The summed E-state index contributed by atoms with van der Waals surface area (Å²) in [5, 5.41) is 2.87. The molecule has 2 nitrogen and oxygen atoms in total. The monoisotopic (exact) mass is 275 g/mol. The number of nitrogens with zero attached hydrogens (tertiary/aromatic N) is 1. The van der Waals surface area contributed by atoms with Crippen molar-refractivity contribution in [3.05, 3.63) is 39.4 Å². The van der Waals surface area contributed by atoms with Crippen LogP contribution in [0.3, 0.4) is 0 Å². The normalized spacial score (nSPS) is 10.9. The molecule has 19 heavy (non-hydrogen) atoms. The average Bonchev–Trinajstić information content (AvgIpc) is 2.42. The smallest absolute Gasteiger partial charge is 0.211 e. The summed E-state index contributed by atoms with van der Waals surface area (Å²) >= 11 is 1.66. The molecule has 0 aliphatic heterocycles. The van der Waals surface area contributed by atoms with Crippen LogP contribution in [0.2, 0.25) is 0 Å². The molecule has 1 heterocycles. The van der Waals surface area contributed by atoms with Gasteiger partial charge in [0.25, 0.3) is 0 Å². The van der Waals surface area contributed by atoms with Crippen LogP contribution >= 0.6 is 11.3 Å². The first-order valence-corrected chi connectivity index (χ1v) is 7.82. The minimum atomic E-state index is 0.176. The van der Waals surface area contributed by atoms with Crippen LogP contribution in [0.25, 0.3) is 10.1 Å². The first-order chi connectivity index (χ1) is 9.17. The molecule has 0 fully saturated rings. The second-order valence-electron chi connectivity index (χ2n) is 4.88. The van der Waals surface area contributed by atoms with Crippen molar-refractivity contribution in [3.63, 3.8) is 0 Å². The molecule has 2 rings (SSSR count). The number of aryl methyl sites for hydroxylation is 1. The zero-order valence-electron chi connectivity index (χ0n) is 11.9. The minimum absolute atomic E-state index is 0.176. The third-order valence-electron chi connectivity index (χ3n) is 3.41. The van der Waals surface area contributed by atoms with Gasteiger partial charge in [0.05, 0.1) is 5.69 Å². The molecule has 0 bridgehead atoms. The molecule has 1 aromatic heterocycles. The topological polar surface area (TPSA) is 20.3 Å². The summed E-state index contributed by atoms with van der Waals surface area (Å²) in [6, 6.07) is 6.11. The predicted octanol–water partition coefficient (Wildman–Crippen LogP) is 4.20. The molecule has 0 radical (unpaired) electrons. The van der Waals surface area contributed by atoms with Crippen LogP contribution < -0.4 is 10.3 Å². The van der Waals surface area contributed by atoms with Crippen molar-refractivity contribution >= 4 is 27.1 Å². The number of anilines is 1. The van der Waals surface area contributed by atoms with Crippen LogP contribution in [0, 0.1) is 6.92 Å². The van der Waals surface area contributed by atoms with Gasteiger partial charge in [-0.2, -0.15) is 0 Å². The highest BCUT2D eigenvalue weighted by Crippen LogP contribution is 2.22. The highest BCUT2D eigenvalue weighted by Gasteiger charge is 2.11. The van der Waals surface area contributed by atoms with E-state index in [-0.39, 0.29) is 5.43 Å². The molecule has 3 heteroatoms. The van der Waals surface area contributed by atoms with Crippen LogP contribution in [0.5, 0.6) is 0 Å². The molecule has 0 aliphatic rings. The Labute approximate surface area is 118 Å². The van der Waals surface area contributed by atoms with Gasteiger partial charge in [0, 0.05) is 28.6 Å². The Balaban J connectivity index is 2.49. The lowest BCUT2D eigenvalue weighted by Crippen LogP contribution is -2.28. The molecule has 0 saturated carbocycles. The van der Waals surface area contributed by atoms with Crippen LogP contribution in [0.4, 0.5) is 5.69 Å². The summed E-state index contributed by atoms with van der Waals surface area (Å²) in [5.74, 6) is 0. The molecular formula is C16H21NOS. The fraction of sp³-hybridized carbons (Fsp3) is 0.438. The molecule has 0 unspecified atom stereocenters. The Morgan fingerprint density at radius 3 is 2.74 bits per heavy atom. The maximum absolute atomic E-state index is 12.6. The second-order valence-corrected chi connectivity index (χ2v) is 5.79. The van der Waals surface area contributed by atoms with E-state index < -0.39 is 0 Å².